The van der Waals surface area contributed by atoms with Gasteiger partial charge in [-0.2, -0.15) is 0 Å². The van der Waals surface area contributed by atoms with E-state index in [1.54, 1.807) is 14.2 Å². The molecule has 3 unspecified atom stereocenters. The molecule has 0 spiro atoms. The monoisotopic (exact) mass is 446 g/mol. The van der Waals surface area contributed by atoms with Gasteiger partial charge in [0, 0.05) is 26.1 Å². The van der Waals surface area contributed by atoms with Crippen molar-refractivity contribution in [1.82, 2.24) is 10.2 Å². The third-order valence-electron chi connectivity index (χ3n) is 7.01. The SMILES string of the molecule is C1CCNC1.COc1cc2c(cc1OC)C1CC(COC(C)=O)C(CC(C)C)CN1CC2. The molecular weight excluding hydrogens is 404 g/mol. The summed E-state index contributed by atoms with van der Waals surface area (Å²) in [7, 11) is 3.37. The van der Waals surface area contributed by atoms with Crippen LogP contribution in [-0.4, -0.2) is 57.9 Å². The molecule has 1 N–H and O–H groups in total. The van der Waals surface area contributed by atoms with E-state index in [0.29, 0.717) is 30.4 Å². The van der Waals surface area contributed by atoms with Crippen LogP contribution in [0.2, 0.25) is 0 Å². The molecule has 0 aliphatic carbocycles. The lowest BCUT2D eigenvalue weighted by molar-refractivity contribution is -0.144. The molecule has 0 amide bonds. The molecule has 180 valence electrons. The van der Waals surface area contributed by atoms with Crippen molar-refractivity contribution in [3.05, 3.63) is 23.3 Å². The Labute approximate surface area is 194 Å². The number of rotatable bonds is 6. The number of hydrogen-bond acceptors (Lipinski definition) is 6. The van der Waals surface area contributed by atoms with Crippen LogP contribution in [0.25, 0.3) is 0 Å². The summed E-state index contributed by atoms with van der Waals surface area (Å²) in [5.41, 5.74) is 2.69. The topological polar surface area (TPSA) is 60.0 Å². The Morgan fingerprint density at radius 1 is 1.12 bits per heavy atom. The standard InChI is InChI=1S/C22H33NO4.C4H9N/c1-14(2)8-17-12-23-7-6-16-10-21(25-4)22(26-5)11-19(16)20(23)9-18(17)13-27-15(3)24;1-2-4-5-3-1/h10-11,14,17-18,20H,6-9,12-13H2,1-5H3;5H,1-4H2. The first kappa shape index (κ1) is 24.8. The van der Waals surface area contributed by atoms with Gasteiger partial charge in [-0.05, 0) is 86.2 Å². The third kappa shape index (κ3) is 6.38. The van der Waals surface area contributed by atoms with E-state index < -0.39 is 0 Å². The number of piperidine rings is 1. The summed E-state index contributed by atoms with van der Waals surface area (Å²) in [6.07, 6.45) is 6.01. The van der Waals surface area contributed by atoms with Gasteiger partial charge in [-0.15, -0.1) is 0 Å². The fourth-order valence-electron chi connectivity index (χ4n) is 5.43. The van der Waals surface area contributed by atoms with Crippen LogP contribution in [0.1, 0.15) is 63.6 Å². The van der Waals surface area contributed by atoms with E-state index in [2.05, 4.69) is 36.2 Å². The number of fused-ring (bicyclic) bond motifs is 3. The first-order valence-electron chi connectivity index (χ1n) is 12.3. The number of benzene rings is 1. The zero-order valence-electron chi connectivity index (χ0n) is 20.6. The smallest absolute Gasteiger partial charge is 0.302 e. The Morgan fingerprint density at radius 3 is 2.38 bits per heavy atom. The van der Waals surface area contributed by atoms with Crippen molar-refractivity contribution < 1.29 is 19.0 Å². The number of nitrogens with one attached hydrogen (secondary N) is 1. The molecule has 0 bridgehead atoms. The summed E-state index contributed by atoms with van der Waals surface area (Å²) in [5.74, 6) is 3.02. The van der Waals surface area contributed by atoms with Crippen molar-refractivity contribution in [2.75, 3.05) is 47.0 Å². The van der Waals surface area contributed by atoms with Crippen LogP contribution < -0.4 is 14.8 Å². The van der Waals surface area contributed by atoms with Gasteiger partial charge in [0.1, 0.15) is 0 Å². The Bertz CT molecular complexity index is 740. The molecule has 3 heterocycles. The maximum absolute atomic E-state index is 11.4. The minimum atomic E-state index is -0.184. The lowest BCUT2D eigenvalue weighted by Gasteiger charge is -2.47. The summed E-state index contributed by atoms with van der Waals surface area (Å²) >= 11 is 0. The van der Waals surface area contributed by atoms with Crippen LogP contribution in [0.3, 0.4) is 0 Å². The van der Waals surface area contributed by atoms with E-state index in [-0.39, 0.29) is 5.97 Å². The molecule has 0 aromatic heterocycles. The summed E-state index contributed by atoms with van der Waals surface area (Å²) in [5, 5.41) is 3.22. The maximum atomic E-state index is 11.4. The summed E-state index contributed by atoms with van der Waals surface area (Å²) in [6, 6.07) is 4.64. The minimum absolute atomic E-state index is 0.184. The molecular formula is C26H42N2O4. The van der Waals surface area contributed by atoms with Crippen molar-refractivity contribution >= 4 is 5.97 Å². The number of methoxy groups -OCH3 is 2. The highest BCUT2D eigenvalue weighted by Gasteiger charge is 2.39. The Kier molecular flexibility index (Phi) is 9.23. The largest absolute Gasteiger partial charge is 0.493 e. The molecule has 3 aliphatic heterocycles. The van der Waals surface area contributed by atoms with Crippen LogP contribution >= 0.6 is 0 Å². The molecule has 2 saturated heterocycles. The molecule has 6 nitrogen and oxygen atoms in total. The zero-order chi connectivity index (χ0) is 23.1. The average molecular weight is 447 g/mol. The molecule has 1 aromatic carbocycles. The Balaban J connectivity index is 0.000000509. The van der Waals surface area contributed by atoms with Gasteiger partial charge in [0.2, 0.25) is 0 Å². The van der Waals surface area contributed by atoms with Crippen LogP contribution in [0.5, 0.6) is 11.5 Å². The van der Waals surface area contributed by atoms with Crippen molar-refractivity contribution in [2.45, 2.75) is 58.9 Å². The lowest BCUT2D eigenvalue weighted by Crippen LogP contribution is -2.47. The van der Waals surface area contributed by atoms with Gasteiger partial charge in [-0.3, -0.25) is 9.69 Å². The van der Waals surface area contributed by atoms with Gasteiger partial charge in [0.15, 0.2) is 11.5 Å². The first-order chi connectivity index (χ1) is 15.4. The van der Waals surface area contributed by atoms with Crippen LogP contribution in [0, 0.1) is 17.8 Å². The Morgan fingerprint density at radius 2 is 1.81 bits per heavy atom. The average Bonchev–Trinajstić information content (AvgIpc) is 3.36. The molecule has 1 aromatic rings. The molecule has 4 rings (SSSR count). The number of hydrogen-bond donors (Lipinski definition) is 1. The second-order valence-corrected chi connectivity index (χ2v) is 9.81. The fraction of sp³-hybridized carbons (Fsp3) is 0.731. The van der Waals surface area contributed by atoms with Gasteiger partial charge in [-0.1, -0.05) is 13.8 Å². The van der Waals surface area contributed by atoms with Gasteiger partial charge in [0.05, 0.1) is 20.8 Å². The molecule has 0 radical (unpaired) electrons. The highest BCUT2D eigenvalue weighted by molar-refractivity contribution is 5.65. The van der Waals surface area contributed by atoms with E-state index in [9.17, 15) is 4.79 Å². The van der Waals surface area contributed by atoms with Gasteiger partial charge in [-0.25, -0.2) is 0 Å². The van der Waals surface area contributed by atoms with Gasteiger partial charge < -0.3 is 19.5 Å². The maximum Gasteiger partial charge on any atom is 0.302 e. The van der Waals surface area contributed by atoms with E-state index in [0.717, 1.165) is 37.4 Å². The number of carbonyl (C=O) groups excluding carboxylic acids is 1. The van der Waals surface area contributed by atoms with Crippen molar-refractivity contribution in [1.29, 1.82) is 0 Å². The summed E-state index contributed by atoms with van der Waals surface area (Å²) in [6.45, 7) is 11.2. The van der Waals surface area contributed by atoms with E-state index in [1.807, 2.05) is 0 Å². The Hall–Kier alpha value is -1.79. The number of carbonyl (C=O) groups is 1. The quantitative estimate of drug-likeness (QED) is 0.661. The predicted molar refractivity (Wildman–Crippen MR) is 127 cm³/mol. The minimum Gasteiger partial charge on any atom is -0.493 e. The zero-order valence-corrected chi connectivity index (χ0v) is 20.6. The molecule has 3 aliphatic rings. The summed E-state index contributed by atoms with van der Waals surface area (Å²) < 4.78 is 16.5. The normalized spacial score (nSPS) is 24.8. The van der Waals surface area contributed by atoms with Gasteiger partial charge in [0.25, 0.3) is 0 Å². The second kappa shape index (κ2) is 11.9. The molecule has 6 heteroatoms. The van der Waals surface area contributed by atoms with Crippen LogP contribution in [0.15, 0.2) is 12.1 Å². The molecule has 0 saturated carbocycles. The fourth-order valence-corrected chi connectivity index (χ4v) is 5.43. The van der Waals surface area contributed by atoms with Crippen molar-refractivity contribution in [2.24, 2.45) is 17.8 Å². The third-order valence-corrected chi connectivity index (χ3v) is 7.01. The molecule has 2 fully saturated rings. The molecule has 3 atom stereocenters. The number of nitrogens with zero attached hydrogens (tertiary/aromatic N) is 1. The van der Waals surface area contributed by atoms with E-state index in [1.165, 1.54) is 50.4 Å². The van der Waals surface area contributed by atoms with Gasteiger partial charge >= 0.3 is 5.97 Å². The highest BCUT2D eigenvalue weighted by atomic mass is 16.5. The summed E-state index contributed by atoms with van der Waals surface area (Å²) in [4.78, 5) is 14.0. The van der Waals surface area contributed by atoms with E-state index in [4.69, 9.17) is 14.2 Å². The lowest BCUT2D eigenvalue weighted by atomic mass is 9.74. The highest BCUT2D eigenvalue weighted by Crippen LogP contribution is 2.45. The molecule has 32 heavy (non-hydrogen) atoms. The predicted octanol–water partition coefficient (Wildman–Crippen LogP) is 4.22. The van der Waals surface area contributed by atoms with Crippen LogP contribution in [0.4, 0.5) is 0 Å². The number of ether oxygens (including phenoxy) is 3. The number of esters is 1. The van der Waals surface area contributed by atoms with E-state index >= 15 is 0 Å². The van der Waals surface area contributed by atoms with Crippen molar-refractivity contribution in [3.8, 4) is 11.5 Å². The van der Waals surface area contributed by atoms with Crippen molar-refractivity contribution in [3.63, 3.8) is 0 Å². The first-order valence-corrected chi connectivity index (χ1v) is 12.3. The van der Waals surface area contributed by atoms with Crippen LogP contribution in [-0.2, 0) is 16.0 Å². The second-order valence-electron chi connectivity index (χ2n) is 9.81.